The normalized spacial score (nSPS) is 11.5. The highest BCUT2D eigenvalue weighted by molar-refractivity contribution is 6.00. The predicted octanol–water partition coefficient (Wildman–Crippen LogP) is 2.35. The first-order valence-electron chi connectivity index (χ1n) is 7.17. The van der Waals surface area contributed by atoms with Crippen molar-refractivity contribution >= 4 is 17.6 Å². The number of alkyl halides is 2. The Hall–Kier alpha value is -3.24. The number of halogens is 2. The topological polar surface area (TPSA) is 128 Å². The van der Waals surface area contributed by atoms with E-state index < -0.39 is 46.5 Å². The van der Waals surface area contributed by atoms with E-state index in [0.29, 0.717) is 6.07 Å². The number of carboxylic acid groups (broad SMARTS) is 1. The maximum absolute atomic E-state index is 12.4. The van der Waals surface area contributed by atoms with Gasteiger partial charge in [0.1, 0.15) is 11.6 Å². The molecule has 0 heterocycles. The molecule has 1 atom stereocenters. The van der Waals surface area contributed by atoms with Crippen molar-refractivity contribution in [2.75, 3.05) is 7.11 Å². The average Bonchev–Trinajstić information content (AvgIpc) is 2.57. The number of hydrogen-bond acceptors (Lipinski definition) is 6. The summed E-state index contributed by atoms with van der Waals surface area (Å²) in [6.07, 6.45) is 1.75. The molecule has 0 aliphatic heterocycles. The van der Waals surface area contributed by atoms with E-state index in [0.717, 1.165) is 13.2 Å². The molecule has 0 aliphatic carbocycles. The molecular formula is C15H16F2N2O7. The van der Waals surface area contributed by atoms with Crippen molar-refractivity contribution in [1.29, 1.82) is 0 Å². The number of nitro benzene ring substituents is 1. The van der Waals surface area contributed by atoms with Gasteiger partial charge in [-0.25, -0.2) is 4.79 Å². The number of carbonyl (C=O) groups excluding carboxylic acids is 1. The average molecular weight is 374 g/mol. The minimum atomic E-state index is -3.27. The van der Waals surface area contributed by atoms with E-state index in [1.54, 1.807) is 0 Å². The summed E-state index contributed by atoms with van der Waals surface area (Å²) in [5.41, 5.74) is -1.40. The molecule has 26 heavy (non-hydrogen) atoms. The minimum Gasteiger partial charge on any atom is -0.493 e. The van der Waals surface area contributed by atoms with Crippen LogP contribution in [0.1, 0.15) is 23.2 Å². The number of amides is 1. The van der Waals surface area contributed by atoms with Gasteiger partial charge in [0.05, 0.1) is 18.1 Å². The third kappa shape index (κ3) is 5.40. The number of benzene rings is 1. The zero-order chi connectivity index (χ0) is 19.9. The van der Waals surface area contributed by atoms with Gasteiger partial charge in [0, 0.05) is 6.07 Å². The number of allylic oxidation sites excluding steroid dienone is 1. The second-order valence-corrected chi connectivity index (χ2v) is 4.89. The Morgan fingerprint density at radius 2 is 2.08 bits per heavy atom. The molecule has 142 valence electrons. The highest BCUT2D eigenvalue weighted by Crippen LogP contribution is 2.35. The number of hydrogen-bond donors (Lipinski definition) is 2. The molecule has 11 heteroatoms. The molecular weight excluding hydrogens is 358 g/mol. The molecule has 0 aliphatic rings. The highest BCUT2D eigenvalue weighted by atomic mass is 19.3. The summed E-state index contributed by atoms with van der Waals surface area (Å²) in [7, 11) is 1.09. The molecule has 1 amide bonds. The van der Waals surface area contributed by atoms with Gasteiger partial charge >= 0.3 is 12.6 Å². The summed E-state index contributed by atoms with van der Waals surface area (Å²) in [5, 5.41) is 22.4. The summed E-state index contributed by atoms with van der Waals surface area (Å²) >= 11 is 0. The highest BCUT2D eigenvalue weighted by Gasteiger charge is 2.28. The third-order valence-electron chi connectivity index (χ3n) is 3.20. The first kappa shape index (κ1) is 20.8. The molecule has 0 bridgehead atoms. The van der Waals surface area contributed by atoms with Gasteiger partial charge in [0.25, 0.3) is 11.6 Å². The molecule has 2 N–H and O–H groups in total. The largest absolute Gasteiger partial charge is 0.493 e. The molecule has 9 nitrogen and oxygen atoms in total. The Kier molecular flexibility index (Phi) is 7.44. The Morgan fingerprint density at radius 3 is 2.54 bits per heavy atom. The van der Waals surface area contributed by atoms with Crippen LogP contribution in [-0.4, -0.2) is 41.7 Å². The Labute approximate surface area is 146 Å². The maximum Gasteiger partial charge on any atom is 0.387 e. The van der Waals surface area contributed by atoms with Crippen molar-refractivity contribution in [2.45, 2.75) is 25.5 Å². The van der Waals surface area contributed by atoms with Crippen molar-refractivity contribution in [3.05, 3.63) is 40.5 Å². The van der Waals surface area contributed by atoms with Gasteiger partial charge in [-0.05, 0) is 12.8 Å². The number of ether oxygens (including phenoxy) is 2. The Bertz CT molecular complexity index is 709. The van der Waals surface area contributed by atoms with E-state index in [1.807, 2.05) is 0 Å². The van der Waals surface area contributed by atoms with Crippen LogP contribution in [0.5, 0.6) is 11.5 Å². The first-order chi connectivity index (χ1) is 12.2. The smallest absolute Gasteiger partial charge is 0.387 e. The quantitative estimate of drug-likeness (QED) is 0.365. The number of nitro groups is 1. The molecule has 1 aromatic carbocycles. The number of nitrogens with one attached hydrogen (secondary N) is 1. The lowest BCUT2D eigenvalue weighted by Crippen LogP contribution is -2.40. The number of rotatable bonds is 10. The van der Waals surface area contributed by atoms with Crippen molar-refractivity contribution in [3.8, 4) is 11.5 Å². The lowest BCUT2D eigenvalue weighted by atomic mass is 10.1. The van der Waals surface area contributed by atoms with Crippen LogP contribution in [0.25, 0.3) is 0 Å². The zero-order valence-electron chi connectivity index (χ0n) is 13.6. The molecule has 0 aromatic heterocycles. The van der Waals surface area contributed by atoms with E-state index in [1.165, 1.54) is 6.08 Å². The summed E-state index contributed by atoms with van der Waals surface area (Å²) < 4.78 is 33.7. The lowest BCUT2D eigenvalue weighted by Gasteiger charge is -2.15. The monoisotopic (exact) mass is 374 g/mol. The molecule has 0 spiro atoms. The fourth-order valence-corrected chi connectivity index (χ4v) is 2.01. The summed E-state index contributed by atoms with van der Waals surface area (Å²) in [6, 6.07) is 0.125. The molecule has 0 fully saturated rings. The van der Waals surface area contributed by atoms with Gasteiger partial charge < -0.3 is 19.9 Å². The number of carboxylic acids is 1. The van der Waals surface area contributed by atoms with Crippen LogP contribution in [0.4, 0.5) is 14.5 Å². The SMILES string of the molecule is C=CCCC(NC(=O)c1cc(OC)c(OC(F)F)cc1[N+](=O)[O-])C(=O)O. The molecule has 0 radical (unpaired) electrons. The number of carbonyl (C=O) groups is 2. The molecule has 1 rings (SSSR count). The zero-order valence-corrected chi connectivity index (χ0v) is 13.6. The van der Waals surface area contributed by atoms with Crippen LogP contribution >= 0.6 is 0 Å². The van der Waals surface area contributed by atoms with Crippen LogP contribution < -0.4 is 14.8 Å². The Morgan fingerprint density at radius 1 is 1.42 bits per heavy atom. The fraction of sp³-hybridized carbons (Fsp3) is 0.333. The predicted molar refractivity (Wildman–Crippen MR) is 84.6 cm³/mol. The number of methoxy groups -OCH3 is 1. The molecule has 0 saturated heterocycles. The summed E-state index contributed by atoms with van der Waals surface area (Å²) in [6.45, 7) is 0.171. The van der Waals surface area contributed by atoms with Crippen molar-refractivity contribution in [3.63, 3.8) is 0 Å². The van der Waals surface area contributed by atoms with Crippen LogP contribution in [0.2, 0.25) is 0 Å². The van der Waals surface area contributed by atoms with Gasteiger partial charge in [-0.2, -0.15) is 8.78 Å². The van der Waals surface area contributed by atoms with Gasteiger partial charge in [0.2, 0.25) is 0 Å². The molecule has 1 unspecified atom stereocenters. The van der Waals surface area contributed by atoms with Crippen molar-refractivity contribution < 1.29 is 37.9 Å². The molecule has 1 aromatic rings. The maximum atomic E-state index is 12.4. The second kappa shape index (κ2) is 9.30. The van der Waals surface area contributed by atoms with E-state index in [9.17, 15) is 28.5 Å². The number of nitrogens with zero attached hydrogens (tertiary/aromatic N) is 1. The number of aliphatic carboxylic acids is 1. The van der Waals surface area contributed by atoms with Crippen LogP contribution in [0.15, 0.2) is 24.8 Å². The van der Waals surface area contributed by atoms with Crippen LogP contribution in [0, 0.1) is 10.1 Å². The van der Waals surface area contributed by atoms with E-state index in [-0.39, 0.29) is 18.6 Å². The fourth-order valence-electron chi connectivity index (χ4n) is 2.01. The van der Waals surface area contributed by atoms with Crippen LogP contribution in [-0.2, 0) is 4.79 Å². The summed E-state index contributed by atoms with van der Waals surface area (Å²) in [5.74, 6) is -3.39. The van der Waals surface area contributed by atoms with Gasteiger partial charge in [-0.3, -0.25) is 14.9 Å². The lowest BCUT2D eigenvalue weighted by molar-refractivity contribution is -0.385. The minimum absolute atomic E-state index is 0.0160. The third-order valence-corrected chi connectivity index (χ3v) is 3.20. The van der Waals surface area contributed by atoms with Crippen molar-refractivity contribution in [2.24, 2.45) is 0 Å². The van der Waals surface area contributed by atoms with Gasteiger partial charge in [-0.15, -0.1) is 6.58 Å². The molecule has 0 saturated carbocycles. The van der Waals surface area contributed by atoms with Gasteiger partial charge in [0.15, 0.2) is 11.5 Å². The van der Waals surface area contributed by atoms with E-state index >= 15 is 0 Å². The Balaban J connectivity index is 3.27. The second-order valence-electron chi connectivity index (χ2n) is 4.89. The van der Waals surface area contributed by atoms with Crippen LogP contribution in [0.3, 0.4) is 0 Å². The van der Waals surface area contributed by atoms with E-state index in [2.05, 4.69) is 16.6 Å². The summed E-state index contributed by atoms with van der Waals surface area (Å²) in [4.78, 5) is 33.7. The standard InChI is InChI=1S/C15H16F2N2O7/c1-3-4-5-9(14(21)22)18-13(20)8-6-11(25-2)12(26-15(16)17)7-10(8)19(23)24/h3,6-7,9,15H,1,4-5H2,2H3,(H,18,20)(H,21,22). The van der Waals surface area contributed by atoms with E-state index in [4.69, 9.17) is 9.84 Å². The van der Waals surface area contributed by atoms with Gasteiger partial charge in [-0.1, -0.05) is 6.08 Å². The first-order valence-corrected chi connectivity index (χ1v) is 7.17. The van der Waals surface area contributed by atoms with Crippen molar-refractivity contribution in [1.82, 2.24) is 5.32 Å².